The molecule has 1 aliphatic rings. The van der Waals surface area contributed by atoms with Crippen molar-refractivity contribution in [3.05, 3.63) is 48.3 Å². The number of benzene rings is 1. The lowest BCUT2D eigenvalue weighted by Crippen LogP contribution is -2.40. The molecule has 0 spiro atoms. The number of hydrogen-bond donors (Lipinski definition) is 0. The minimum atomic E-state index is -0.255. The normalized spacial score (nSPS) is 22.8. The second kappa shape index (κ2) is 5.97. The molecule has 2 rings (SSSR count). The molecule has 1 fully saturated rings. The average molecular weight is 263 g/mol. The molecule has 0 aromatic heterocycles. The van der Waals surface area contributed by atoms with E-state index >= 15 is 0 Å². The van der Waals surface area contributed by atoms with E-state index in [2.05, 4.69) is 6.58 Å². The number of carbonyl (C=O) groups is 1. The summed E-state index contributed by atoms with van der Waals surface area (Å²) >= 11 is 0. The van der Waals surface area contributed by atoms with Crippen molar-refractivity contribution in [1.29, 1.82) is 0 Å². The molecule has 1 heterocycles. The third-order valence-electron chi connectivity index (χ3n) is 3.57. The third-order valence-corrected chi connectivity index (χ3v) is 3.57. The Morgan fingerprint density at radius 3 is 2.79 bits per heavy atom. The molecule has 1 saturated heterocycles. The second-order valence-electron chi connectivity index (χ2n) is 4.74. The second-order valence-corrected chi connectivity index (χ2v) is 4.74. The van der Waals surface area contributed by atoms with Gasteiger partial charge in [0.1, 0.15) is 5.82 Å². The van der Waals surface area contributed by atoms with Crippen LogP contribution in [0.4, 0.5) is 4.39 Å². The lowest BCUT2D eigenvalue weighted by molar-refractivity contribution is -0.129. The number of halogens is 1. The molecular weight excluding hydrogens is 245 g/mol. The van der Waals surface area contributed by atoms with Gasteiger partial charge in [-0.05, 0) is 36.6 Å². The SMILES string of the molecule is C=CC(=O)N(C)C1CCOC(c2ccc(F)cc2)C1. The lowest BCUT2D eigenvalue weighted by Gasteiger charge is -2.35. The van der Waals surface area contributed by atoms with E-state index < -0.39 is 0 Å². The third kappa shape index (κ3) is 3.20. The summed E-state index contributed by atoms with van der Waals surface area (Å²) in [6, 6.07) is 6.46. The molecule has 102 valence electrons. The zero-order valence-electron chi connectivity index (χ0n) is 11.0. The quantitative estimate of drug-likeness (QED) is 0.785. The number of ether oxygens (including phenoxy) is 1. The largest absolute Gasteiger partial charge is 0.373 e. The van der Waals surface area contributed by atoms with Crippen molar-refractivity contribution in [3.8, 4) is 0 Å². The summed E-state index contributed by atoms with van der Waals surface area (Å²) in [5.41, 5.74) is 0.950. The van der Waals surface area contributed by atoms with Gasteiger partial charge in [0.05, 0.1) is 6.10 Å². The topological polar surface area (TPSA) is 29.5 Å². The van der Waals surface area contributed by atoms with Gasteiger partial charge in [-0.25, -0.2) is 4.39 Å². The number of likely N-dealkylation sites (N-methyl/N-ethyl adjacent to an activating group) is 1. The molecule has 2 atom stereocenters. The molecule has 19 heavy (non-hydrogen) atoms. The zero-order valence-corrected chi connectivity index (χ0v) is 11.0. The highest BCUT2D eigenvalue weighted by Gasteiger charge is 2.28. The standard InChI is InChI=1S/C15H18FNO2/c1-3-15(18)17(2)13-8-9-19-14(10-13)11-4-6-12(16)7-5-11/h3-7,13-14H,1,8-10H2,2H3. The summed E-state index contributed by atoms with van der Waals surface area (Å²) < 4.78 is 18.6. The van der Waals surface area contributed by atoms with Crippen LogP contribution in [0.25, 0.3) is 0 Å². The Balaban J connectivity index is 2.06. The minimum Gasteiger partial charge on any atom is -0.373 e. The van der Waals surface area contributed by atoms with Crippen LogP contribution in [0.5, 0.6) is 0 Å². The van der Waals surface area contributed by atoms with E-state index in [-0.39, 0.29) is 23.9 Å². The zero-order chi connectivity index (χ0) is 13.8. The van der Waals surface area contributed by atoms with Crippen molar-refractivity contribution in [2.45, 2.75) is 25.0 Å². The van der Waals surface area contributed by atoms with Crippen LogP contribution in [0.1, 0.15) is 24.5 Å². The monoisotopic (exact) mass is 263 g/mol. The molecule has 0 N–H and O–H groups in total. The Bertz CT molecular complexity index is 458. The number of amides is 1. The van der Waals surface area contributed by atoms with Crippen molar-refractivity contribution in [2.75, 3.05) is 13.7 Å². The highest BCUT2D eigenvalue weighted by Crippen LogP contribution is 2.30. The molecule has 1 amide bonds. The van der Waals surface area contributed by atoms with Crippen LogP contribution in [-0.4, -0.2) is 30.5 Å². The number of nitrogens with zero attached hydrogens (tertiary/aromatic N) is 1. The Morgan fingerprint density at radius 2 is 2.16 bits per heavy atom. The van der Waals surface area contributed by atoms with Crippen molar-refractivity contribution < 1.29 is 13.9 Å². The van der Waals surface area contributed by atoms with Crippen molar-refractivity contribution in [2.24, 2.45) is 0 Å². The number of hydrogen-bond acceptors (Lipinski definition) is 2. The van der Waals surface area contributed by atoms with Crippen molar-refractivity contribution in [3.63, 3.8) is 0 Å². The van der Waals surface area contributed by atoms with E-state index in [1.807, 2.05) is 0 Å². The van der Waals surface area contributed by atoms with Crippen LogP contribution in [0.3, 0.4) is 0 Å². The van der Waals surface area contributed by atoms with E-state index in [0.29, 0.717) is 6.61 Å². The first-order valence-electron chi connectivity index (χ1n) is 6.38. The lowest BCUT2D eigenvalue weighted by atomic mass is 9.96. The van der Waals surface area contributed by atoms with Gasteiger partial charge < -0.3 is 9.64 Å². The molecule has 4 heteroatoms. The fourth-order valence-corrected chi connectivity index (χ4v) is 2.36. The predicted octanol–water partition coefficient (Wildman–Crippen LogP) is 2.69. The molecule has 1 aromatic rings. The fourth-order valence-electron chi connectivity index (χ4n) is 2.36. The van der Waals surface area contributed by atoms with Gasteiger partial charge in [0.25, 0.3) is 0 Å². The average Bonchev–Trinajstić information content (AvgIpc) is 2.46. The number of rotatable bonds is 3. The highest BCUT2D eigenvalue weighted by atomic mass is 19.1. The van der Waals surface area contributed by atoms with Crippen molar-refractivity contribution in [1.82, 2.24) is 4.90 Å². The highest BCUT2D eigenvalue weighted by molar-refractivity contribution is 5.87. The van der Waals surface area contributed by atoms with Gasteiger partial charge >= 0.3 is 0 Å². The summed E-state index contributed by atoms with van der Waals surface area (Å²) in [4.78, 5) is 13.3. The summed E-state index contributed by atoms with van der Waals surface area (Å²) in [7, 11) is 1.78. The first-order chi connectivity index (χ1) is 9.11. The molecular formula is C15H18FNO2. The van der Waals surface area contributed by atoms with Crippen LogP contribution in [0.15, 0.2) is 36.9 Å². The van der Waals surface area contributed by atoms with E-state index in [4.69, 9.17) is 4.74 Å². The van der Waals surface area contributed by atoms with Crippen LogP contribution in [0, 0.1) is 5.82 Å². The molecule has 2 unspecified atom stereocenters. The van der Waals surface area contributed by atoms with Gasteiger partial charge in [0.2, 0.25) is 5.91 Å². The summed E-state index contributed by atoms with van der Waals surface area (Å²) in [5, 5.41) is 0. The van der Waals surface area contributed by atoms with Crippen LogP contribution < -0.4 is 0 Å². The van der Waals surface area contributed by atoms with Crippen LogP contribution in [0.2, 0.25) is 0 Å². The first-order valence-corrected chi connectivity index (χ1v) is 6.38. The molecule has 1 aromatic carbocycles. The molecule has 0 aliphatic carbocycles. The maximum atomic E-state index is 12.9. The minimum absolute atomic E-state index is 0.0789. The van der Waals surface area contributed by atoms with E-state index in [9.17, 15) is 9.18 Å². The van der Waals surface area contributed by atoms with E-state index in [0.717, 1.165) is 18.4 Å². The van der Waals surface area contributed by atoms with Gasteiger partial charge in [-0.3, -0.25) is 4.79 Å². The predicted molar refractivity (Wildman–Crippen MR) is 71.1 cm³/mol. The number of carbonyl (C=O) groups excluding carboxylic acids is 1. The van der Waals surface area contributed by atoms with Gasteiger partial charge in [0, 0.05) is 19.7 Å². The molecule has 0 saturated carbocycles. The maximum Gasteiger partial charge on any atom is 0.245 e. The van der Waals surface area contributed by atoms with Crippen LogP contribution >= 0.6 is 0 Å². The molecule has 1 aliphatic heterocycles. The van der Waals surface area contributed by atoms with Gasteiger partial charge in [0.15, 0.2) is 0 Å². The molecule has 0 bridgehead atoms. The van der Waals surface area contributed by atoms with Gasteiger partial charge in [-0.1, -0.05) is 18.7 Å². The summed E-state index contributed by atoms with van der Waals surface area (Å²) in [5.74, 6) is -0.334. The van der Waals surface area contributed by atoms with E-state index in [1.54, 1.807) is 24.1 Å². The van der Waals surface area contributed by atoms with E-state index in [1.165, 1.54) is 18.2 Å². The fraction of sp³-hybridized carbons (Fsp3) is 0.400. The molecule has 0 radical (unpaired) electrons. The summed E-state index contributed by atoms with van der Waals surface area (Å²) in [6.07, 6.45) is 2.78. The Morgan fingerprint density at radius 1 is 1.47 bits per heavy atom. The Labute approximate surface area is 112 Å². The van der Waals surface area contributed by atoms with Crippen molar-refractivity contribution >= 4 is 5.91 Å². The van der Waals surface area contributed by atoms with Gasteiger partial charge in [-0.2, -0.15) is 0 Å². The maximum absolute atomic E-state index is 12.9. The van der Waals surface area contributed by atoms with Gasteiger partial charge in [-0.15, -0.1) is 0 Å². The Kier molecular flexibility index (Phi) is 4.32. The Hall–Kier alpha value is -1.68. The smallest absolute Gasteiger partial charge is 0.245 e. The summed E-state index contributed by atoms with van der Waals surface area (Å²) in [6.45, 7) is 4.10. The van der Waals surface area contributed by atoms with Crippen LogP contribution in [-0.2, 0) is 9.53 Å². The molecule has 3 nitrogen and oxygen atoms in total. The first kappa shape index (κ1) is 13.7.